The highest BCUT2D eigenvalue weighted by Crippen LogP contribution is 2.39. The van der Waals surface area contributed by atoms with E-state index in [1.165, 1.54) is 30.0 Å². The summed E-state index contributed by atoms with van der Waals surface area (Å²) in [5.41, 5.74) is 0.124. The minimum Gasteiger partial charge on any atom is -0.289 e. The lowest BCUT2D eigenvalue weighted by atomic mass is 9.83. The average Bonchev–Trinajstić information content (AvgIpc) is 2.66. The fraction of sp³-hybridized carbons (Fsp3) is 0. The molecule has 0 N–H and O–H groups in total. The lowest BCUT2D eigenvalue weighted by Crippen LogP contribution is -2.22. The van der Waals surface area contributed by atoms with Gasteiger partial charge in [-0.3, -0.25) is 19.7 Å². The van der Waals surface area contributed by atoms with Gasteiger partial charge in [0.1, 0.15) is 5.56 Å². The number of carbonyl (C=O) groups excluding carboxylic acids is 2. The Morgan fingerprint density at radius 3 is 2.04 bits per heavy atom. The van der Waals surface area contributed by atoms with E-state index in [1.807, 2.05) is 30.3 Å². The largest absolute Gasteiger partial charge is 0.289 e. The fourth-order valence-corrected chi connectivity index (χ4v) is 4.04. The van der Waals surface area contributed by atoms with E-state index in [1.54, 1.807) is 18.2 Å². The van der Waals surface area contributed by atoms with Crippen LogP contribution in [0.2, 0.25) is 0 Å². The molecule has 0 unspecified atom stereocenters. The van der Waals surface area contributed by atoms with Gasteiger partial charge in [-0.15, -0.1) is 0 Å². The number of carbonyl (C=O) groups is 2. The summed E-state index contributed by atoms with van der Waals surface area (Å²) in [6, 6.07) is 18.7. The number of benzene rings is 3. The van der Waals surface area contributed by atoms with Crippen molar-refractivity contribution in [1.29, 1.82) is 0 Å². The van der Waals surface area contributed by atoms with Crippen LogP contribution in [0.5, 0.6) is 0 Å². The highest BCUT2D eigenvalue weighted by atomic mass is 32.2. The second-order valence-corrected chi connectivity index (χ2v) is 6.82. The van der Waals surface area contributed by atoms with Crippen LogP contribution in [0.1, 0.15) is 31.8 Å². The highest BCUT2D eigenvalue weighted by molar-refractivity contribution is 7.99. The van der Waals surface area contributed by atoms with Gasteiger partial charge in [-0.05, 0) is 24.3 Å². The molecule has 26 heavy (non-hydrogen) atoms. The smallest absolute Gasteiger partial charge is 0.281 e. The summed E-state index contributed by atoms with van der Waals surface area (Å²) >= 11 is 1.39. The van der Waals surface area contributed by atoms with Gasteiger partial charge in [0.2, 0.25) is 5.78 Å². The van der Waals surface area contributed by atoms with E-state index >= 15 is 0 Å². The summed E-state index contributed by atoms with van der Waals surface area (Å²) < 4.78 is 0. The van der Waals surface area contributed by atoms with E-state index in [2.05, 4.69) is 0 Å². The van der Waals surface area contributed by atoms with Crippen LogP contribution in [-0.4, -0.2) is 16.5 Å². The molecule has 0 saturated heterocycles. The zero-order chi connectivity index (χ0) is 18.3. The molecule has 1 aliphatic rings. The van der Waals surface area contributed by atoms with Crippen LogP contribution in [0.15, 0.2) is 76.5 Å². The Morgan fingerprint density at radius 1 is 0.731 bits per heavy atom. The van der Waals surface area contributed by atoms with Crippen molar-refractivity contribution in [2.24, 2.45) is 0 Å². The number of nitro benzene ring substituents is 1. The third-order valence-electron chi connectivity index (χ3n) is 4.18. The molecular formula is C20H11NO4S. The lowest BCUT2D eigenvalue weighted by Gasteiger charge is -2.19. The van der Waals surface area contributed by atoms with Gasteiger partial charge in [0.25, 0.3) is 5.69 Å². The summed E-state index contributed by atoms with van der Waals surface area (Å²) in [5, 5.41) is 11.3. The van der Waals surface area contributed by atoms with Crippen LogP contribution in [0.3, 0.4) is 0 Å². The maximum absolute atomic E-state index is 13.1. The molecule has 126 valence electrons. The number of fused-ring (bicyclic) bond motifs is 2. The molecule has 0 aromatic heterocycles. The molecule has 0 amide bonds. The number of rotatable bonds is 3. The molecule has 0 fully saturated rings. The summed E-state index contributed by atoms with van der Waals surface area (Å²) in [6.07, 6.45) is 0. The first-order chi connectivity index (χ1) is 12.6. The number of ketones is 2. The molecule has 3 aromatic carbocycles. The Bertz CT molecular complexity index is 1080. The van der Waals surface area contributed by atoms with Crippen molar-refractivity contribution in [3.05, 3.63) is 99.1 Å². The van der Waals surface area contributed by atoms with Crippen molar-refractivity contribution in [2.75, 3.05) is 0 Å². The van der Waals surface area contributed by atoms with Crippen molar-refractivity contribution < 1.29 is 14.5 Å². The maximum Gasteiger partial charge on any atom is 0.281 e. The maximum atomic E-state index is 13.1. The minimum absolute atomic E-state index is 0.0813. The van der Waals surface area contributed by atoms with E-state index in [0.29, 0.717) is 10.5 Å². The van der Waals surface area contributed by atoms with E-state index in [-0.39, 0.29) is 28.2 Å². The molecule has 0 bridgehead atoms. The van der Waals surface area contributed by atoms with Gasteiger partial charge in [0.05, 0.1) is 4.92 Å². The second-order valence-electron chi connectivity index (χ2n) is 5.71. The van der Waals surface area contributed by atoms with Crippen molar-refractivity contribution in [3.63, 3.8) is 0 Å². The Kier molecular flexibility index (Phi) is 3.89. The SMILES string of the molecule is O=C1c2cccc([N+](=O)[O-])c2C(=O)c2cccc(Sc3ccccc3)c21. The number of nitro groups is 1. The van der Waals surface area contributed by atoms with Gasteiger partial charge in [0.15, 0.2) is 5.78 Å². The molecule has 5 nitrogen and oxygen atoms in total. The van der Waals surface area contributed by atoms with Crippen molar-refractivity contribution >= 4 is 29.0 Å². The first-order valence-electron chi connectivity index (χ1n) is 7.80. The summed E-state index contributed by atoms with van der Waals surface area (Å²) in [5.74, 6) is -0.852. The molecule has 0 atom stereocenters. The van der Waals surface area contributed by atoms with Gasteiger partial charge in [-0.2, -0.15) is 0 Å². The molecule has 0 spiro atoms. The van der Waals surface area contributed by atoms with E-state index < -0.39 is 10.7 Å². The minimum atomic E-state index is -0.627. The molecule has 0 aliphatic heterocycles. The predicted molar refractivity (Wildman–Crippen MR) is 97.0 cm³/mol. The van der Waals surface area contributed by atoms with Crippen LogP contribution >= 0.6 is 11.8 Å². The molecule has 1 aliphatic carbocycles. The zero-order valence-corrected chi connectivity index (χ0v) is 14.2. The molecule has 0 saturated carbocycles. The highest BCUT2D eigenvalue weighted by Gasteiger charge is 2.36. The third-order valence-corrected chi connectivity index (χ3v) is 5.25. The second kappa shape index (κ2) is 6.24. The molecule has 4 rings (SSSR count). The standard InChI is InChI=1S/C20H11NO4S/c22-19-14-9-5-11-16(26-12-6-2-1-3-7-12)18(14)20(23)13-8-4-10-15(17(13)19)21(24)25/h1-11H. The summed E-state index contributed by atoms with van der Waals surface area (Å²) in [4.78, 5) is 38.2. The lowest BCUT2D eigenvalue weighted by molar-refractivity contribution is -0.385. The van der Waals surface area contributed by atoms with E-state index in [4.69, 9.17) is 0 Å². The zero-order valence-electron chi connectivity index (χ0n) is 13.3. The summed E-state index contributed by atoms with van der Waals surface area (Å²) in [6.45, 7) is 0. The number of hydrogen-bond acceptors (Lipinski definition) is 5. The third kappa shape index (κ3) is 2.51. The van der Waals surface area contributed by atoms with Gasteiger partial charge in [-0.25, -0.2) is 0 Å². The van der Waals surface area contributed by atoms with Crippen LogP contribution < -0.4 is 0 Å². The quantitative estimate of drug-likeness (QED) is 0.396. The molecule has 0 heterocycles. The molecular weight excluding hydrogens is 350 g/mol. The normalized spacial score (nSPS) is 12.5. The van der Waals surface area contributed by atoms with Crippen LogP contribution in [0.4, 0.5) is 5.69 Å². The van der Waals surface area contributed by atoms with Crippen LogP contribution in [0, 0.1) is 10.1 Å². The van der Waals surface area contributed by atoms with Gasteiger partial charge < -0.3 is 0 Å². The first kappa shape index (κ1) is 16.2. The monoisotopic (exact) mass is 361 g/mol. The van der Waals surface area contributed by atoms with Gasteiger partial charge in [-0.1, -0.05) is 48.2 Å². The predicted octanol–water partition coefficient (Wildman–Crippen LogP) is 4.52. The van der Waals surface area contributed by atoms with Crippen molar-refractivity contribution in [3.8, 4) is 0 Å². The summed E-state index contributed by atoms with van der Waals surface area (Å²) in [7, 11) is 0. The Balaban J connectivity index is 1.89. The molecule has 0 radical (unpaired) electrons. The van der Waals surface area contributed by atoms with Crippen LogP contribution in [-0.2, 0) is 0 Å². The van der Waals surface area contributed by atoms with Crippen molar-refractivity contribution in [2.45, 2.75) is 9.79 Å². The Morgan fingerprint density at radius 2 is 1.35 bits per heavy atom. The number of hydrogen-bond donors (Lipinski definition) is 0. The number of nitrogens with zero attached hydrogens (tertiary/aromatic N) is 1. The fourth-order valence-electron chi connectivity index (χ4n) is 3.04. The van der Waals surface area contributed by atoms with Crippen molar-refractivity contribution in [1.82, 2.24) is 0 Å². The van der Waals surface area contributed by atoms with E-state index in [0.717, 1.165) is 4.90 Å². The molecule has 6 heteroatoms. The van der Waals surface area contributed by atoms with Gasteiger partial charge >= 0.3 is 0 Å². The van der Waals surface area contributed by atoms with Gasteiger partial charge in [0, 0.05) is 32.5 Å². The molecule has 3 aromatic rings. The first-order valence-corrected chi connectivity index (χ1v) is 8.62. The Labute approximate surface area is 152 Å². The average molecular weight is 361 g/mol. The Hall–Kier alpha value is -3.25. The topological polar surface area (TPSA) is 77.3 Å². The van der Waals surface area contributed by atoms with Crippen LogP contribution in [0.25, 0.3) is 0 Å². The van der Waals surface area contributed by atoms with E-state index in [9.17, 15) is 19.7 Å².